The summed E-state index contributed by atoms with van der Waals surface area (Å²) in [5.74, 6) is 0. The van der Waals surface area contributed by atoms with Crippen molar-refractivity contribution in [3.8, 4) is 0 Å². The van der Waals surface area contributed by atoms with Crippen molar-refractivity contribution in [3.63, 3.8) is 0 Å². The molecule has 3 N–H and O–H groups in total. The van der Waals surface area contributed by atoms with E-state index in [0.717, 1.165) is 20.9 Å². The lowest BCUT2D eigenvalue weighted by Gasteiger charge is -2.19. The molecule has 1 aromatic carbocycles. The Balaban J connectivity index is 1.79. The minimum atomic E-state index is -0.177. The van der Waals surface area contributed by atoms with Gasteiger partial charge < -0.3 is 15.3 Å². The average molecular weight is 322 g/mol. The van der Waals surface area contributed by atoms with Crippen molar-refractivity contribution in [3.05, 3.63) is 55.6 Å². The van der Waals surface area contributed by atoms with Crippen molar-refractivity contribution < 1.29 is 0 Å². The van der Waals surface area contributed by atoms with Gasteiger partial charge in [0.05, 0.1) is 15.4 Å². The maximum atomic E-state index is 11.3. The van der Waals surface area contributed by atoms with Gasteiger partial charge in [-0.2, -0.15) is 0 Å². The van der Waals surface area contributed by atoms with Gasteiger partial charge in [-0.25, -0.2) is 4.79 Å². The monoisotopic (exact) mass is 321 g/mol. The van der Waals surface area contributed by atoms with Crippen molar-refractivity contribution in [2.24, 2.45) is 0 Å². The van der Waals surface area contributed by atoms with Crippen LogP contribution in [0, 0.1) is 0 Å². The zero-order valence-electron chi connectivity index (χ0n) is 11.7. The number of thiophene rings is 1. The van der Waals surface area contributed by atoms with Crippen molar-refractivity contribution in [2.45, 2.75) is 25.9 Å². The number of hydrogen-bond acceptors (Lipinski definition) is 3. The number of imidazole rings is 1. The van der Waals surface area contributed by atoms with Gasteiger partial charge in [0, 0.05) is 12.1 Å². The summed E-state index contributed by atoms with van der Waals surface area (Å²) in [5.41, 5.74) is 3.80. The number of aromatic amines is 2. The molecule has 0 bridgehead atoms. The number of aromatic nitrogens is 2. The largest absolute Gasteiger partial charge is 0.323 e. The van der Waals surface area contributed by atoms with E-state index in [4.69, 9.17) is 11.6 Å². The van der Waals surface area contributed by atoms with Gasteiger partial charge in [0.25, 0.3) is 0 Å². The normalized spacial score (nSPS) is 14.4. The number of H-pyrrole nitrogens is 2. The fourth-order valence-corrected chi connectivity index (χ4v) is 3.42. The molecular formula is C15H16ClN3OS. The molecule has 3 rings (SSSR count). The quantitative estimate of drug-likeness (QED) is 0.680. The van der Waals surface area contributed by atoms with Crippen molar-refractivity contribution in [1.82, 2.24) is 15.3 Å². The highest BCUT2D eigenvalue weighted by atomic mass is 35.5. The standard InChI is InChI=1S/C15H16ClN3OS/c1-8(17-9(2)11-6-14(16)21-7-11)10-3-4-12-13(5-10)19-15(20)18-12/h3-9,17H,1-2H3,(H2,18,19,20). The minimum absolute atomic E-state index is 0.168. The number of fused-ring (bicyclic) bond motifs is 1. The smallest absolute Gasteiger partial charge is 0.306 e. The summed E-state index contributed by atoms with van der Waals surface area (Å²) >= 11 is 7.52. The van der Waals surface area contributed by atoms with Crippen LogP contribution in [0.15, 0.2) is 34.4 Å². The van der Waals surface area contributed by atoms with Gasteiger partial charge in [-0.3, -0.25) is 0 Å². The molecule has 0 radical (unpaired) electrons. The number of nitrogens with one attached hydrogen (secondary N) is 3. The molecule has 4 nitrogen and oxygen atoms in total. The van der Waals surface area contributed by atoms with E-state index in [1.54, 1.807) is 11.3 Å². The summed E-state index contributed by atoms with van der Waals surface area (Å²) < 4.78 is 0.803. The maximum Gasteiger partial charge on any atom is 0.323 e. The molecule has 0 saturated heterocycles. The van der Waals surface area contributed by atoms with E-state index in [1.165, 1.54) is 5.56 Å². The zero-order valence-corrected chi connectivity index (χ0v) is 13.3. The van der Waals surface area contributed by atoms with E-state index in [0.29, 0.717) is 0 Å². The number of halogens is 1. The summed E-state index contributed by atoms with van der Waals surface area (Å²) in [6, 6.07) is 8.32. The van der Waals surface area contributed by atoms with Gasteiger partial charge in [0.15, 0.2) is 0 Å². The van der Waals surface area contributed by atoms with E-state index < -0.39 is 0 Å². The SMILES string of the molecule is CC(NC(C)c1ccc2[nH]c(=O)[nH]c2c1)c1csc(Cl)c1. The fourth-order valence-electron chi connectivity index (χ4n) is 2.44. The molecule has 21 heavy (non-hydrogen) atoms. The number of hydrogen-bond donors (Lipinski definition) is 3. The Labute approximate surface area is 131 Å². The van der Waals surface area contributed by atoms with Gasteiger partial charge in [-0.1, -0.05) is 17.7 Å². The third kappa shape index (κ3) is 3.05. The second-order valence-corrected chi connectivity index (χ2v) is 6.72. The highest BCUT2D eigenvalue weighted by Gasteiger charge is 2.13. The molecule has 0 aliphatic carbocycles. The highest BCUT2D eigenvalue weighted by molar-refractivity contribution is 7.14. The zero-order chi connectivity index (χ0) is 15.0. The van der Waals surface area contributed by atoms with Gasteiger partial charge in [0.2, 0.25) is 0 Å². The molecule has 2 aromatic heterocycles. The molecule has 3 aromatic rings. The molecule has 2 unspecified atom stereocenters. The summed E-state index contributed by atoms with van der Waals surface area (Å²) in [4.78, 5) is 16.8. The van der Waals surface area contributed by atoms with Crippen LogP contribution in [-0.4, -0.2) is 9.97 Å². The predicted molar refractivity (Wildman–Crippen MR) is 88.2 cm³/mol. The second kappa shape index (κ2) is 5.67. The molecule has 2 atom stereocenters. The molecule has 2 heterocycles. The van der Waals surface area contributed by atoms with Crippen molar-refractivity contribution in [2.75, 3.05) is 0 Å². The lowest BCUT2D eigenvalue weighted by atomic mass is 10.1. The van der Waals surface area contributed by atoms with E-state index in [-0.39, 0.29) is 17.8 Å². The van der Waals surface area contributed by atoms with E-state index >= 15 is 0 Å². The number of benzene rings is 1. The Morgan fingerprint density at radius 3 is 2.52 bits per heavy atom. The molecule has 110 valence electrons. The Morgan fingerprint density at radius 2 is 1.81 bits per heavy atom. The minimum Gasteiger partial charge on any atom is -0.306 e. The lowest BCUT2D eigenvalue weighted by molar-refractivity contribution is 0.496. The molecule has 0 aliphatic heterocycles. The molecule has 0 aliphatic rings. The van der Waals surface area contributed by atoms with Crippen LogP contribution < -0.4 is 11.0 Å². The summed E-state index contributed by atoms with van der Waals surface area (Å²) in [6.07, 6.45) is 0. The molecule has 0 fully saturated rings. The molecule has 0 amide bonds. The first-order chi connectivity index (χ1) is 10.0. The van der Waals surface area contributed by atoms with Crippen LogP contribution >= 0.6 is 22.9 Å². The molecule has 0 spiro atoms. The maximum absolute atomic E-state index is 11.3. The Bertz CT molecular complexity index is 820. The molecular weight excluding hydrogens is 306 g/mol. The second-order valence-electron chi connectivity index (χ2n) is 5.18. The van der Waals surface area contributed by atoms with E-state index in [2.05, 4.69) is 34.5 Å². The lowest BCUT2D eigenvalue weighted by Crippen LogP contribution is -2.22. The summed E-state index contributed by atoms with van der Waals surface area (Å²) in [6.45, 7) is 4.22. The van der Waals surface area contributed by atoms with Crippen LogP contribution in [0.4, 0.5) is 0 Å². The van der Waals surface area contributed by atoms with Crippen LogP contribution in [0.5, 0.6) is 0 Å². The van der Waals surface area contributed by atoms with Gasteiger partial charge in [-0.15, -0.1) is 11.3 Å². The Kier molecular flexibility index (Phi) is 3.89. The first-order valence-electron chi connectivity index (χ1n) is 6.75. The van der Waals surface area contributed by atoms with Crippen LogP contribution in [0.1, 0.15) is 37.1 Å². The van der Waals surface area contributed by atoms with Crippen LogP contribution in [0.25, 0.3) is 11.0 Å². The van der Waals surface area contributed by atoms with E-state index in [1.807, 2.05) is 24.3 Å². The fraction of sp³-hybridized carbons (Fsp3) is 0.267. The summed E-state index contributed by atoms with van der Waals surface area (Å²) in [7, 11) is 0. The van der Waals surface area contributed by atoms with E-state index in [9.17, 15) is 4.79 Å². The third-order valence-electron chi connectivity index (χ3n) is 3.63. The first-order valence-corrected chi connectivity index (χ1v) is 8.00. The molecule has 6 heteroatoms. The van der Waals surface area contributed by atoms with Gasteiger partial charge >= 0.3 is 5.69 Å². The first kappa shape index (κ1) is 14.4. The highest BCUT2D eigenvalue weighted by Crippen LogP contribution is 2.27. The van der Waals surface area contributed by atoms with Crippen molar-refractivity contribution in [1.29, 1.82) is 0 Å². The van der Waals surface area contributed by atoms with Crippen LogP contribution in [0.3, 0.4) is 0 Å². The van der Waals surface area contributed by atoms with Crippen molar-refractivity contribution >= 4 is 34.0 Å². The average Bonchev–Trinajstić information content (AvgIpc) is 3.02. The van der Waals surface area contributed by atoms with Crippen LogP contribution in [0.2, 0.25) is 4.34 Å². The third-order valence-corrected chi connectivity index (χ3v) is 4.74. The topological polar surface area (TPSA) is 60.7 Å². The Morgan fingerprint density at radius 1 is 1.10 bits per heavy atom. The number of rotatable bonds is 4. The van der Waals surface area contributed by atoms with Gasteiger partial charge in [-0.05, 0) is 48.6 Å². The van der Waals surface area contributed by atoms with Crippen LogP contribution in [-0.2, 0) is 0 Å². The Hall–Kier alpha value is -1.56. The van der Waals surface area contributed by atoms with Gasteiger partial charge in [0.1, 0.15) is 0 Å². The predicted octanol–water partition coefficient (Wildman–Crippen LogP) is 3.98. The summed E-state index contributed by atoms with van der Waals surface area (Å²) in [5, 5.41) is 5.61. The molecule has 0 saturated carbocycles.